The van der Waals surface area contributed by atoms with Gasteiger partial charge in [-0.05, 0) is 12.5 Å². The van der Waals surface area contributed by atoms with Gasteiger partial charge in [-0.3, -0.25) is 14.9 Å². The molecule has 1 aliphatic heterocycles. The lowest BCUT2D eigenvalue weighted by atomic mass is 10.1. The average molecular weight is 224 g/mol. The minimum absolute atomic E-state index is 0.106. The summed E-state index contributed by atoms with van der Waals surface area (Å²) >= 11 is 0. The summed E-state index contributed by atoms with van der Waals surface area (Å²) in [6.07, 6.45) is 0.917. The SMILES string of the molecule is O=C(c1ccc([N+](=O)[O-])cc1F)N1CCC1. The maximum atomic E-state index is 13.4. The Kier molecular flexibility index (Phi) is 2.55. The highest BCUT2D eigenvalue weighted by molar-refractivity contribution is 5.95. The minimum Gasteiger partial charge on any atom is -0.338 e. The lowest BCUT2D eigenvalue weighted by Gasteiger charge is -2.30. The molecule has 2 rings (SSSR count). The predicted octanol–water partition coefficient (Wildman–Crippen LogP) is 1.58. The fourth-order valence-corrected chi connectivity index (χ4v) is 1.48. The largest absolute Gasteiger partial charge is 0.338 e. The number of hydrogen-bond acceptors (Lipinski definition) is 3. The zero-order valence-electron chi connectivity index (χ0n) is 8.35. The lowest BCUT2D eigenvalue weighted by Crippen LogP contribution is -2.42. The minimum atomic E-state index is -0.842. The predicted molar refractivity (Wildman–Crippen MR) is 53.6 cm³/mol. The molecule has 1 saturated heterocycles. The van der Waals surface area contributed by atoms with Crippen LogP contribution in [0.1, 0.15) is 16.8 Å². The van der Waals surface area contributed by atoms with Crippen LogP contribution in [0.5, 0.6) is 0 Å². The molecule has 84 valence electrons. The van der Waals surface area contributed by atoms with E-state index in [0.717, 1.165) is 24.6 Å². The van der Waals surface area contributed by atoms with Gasteiger partial charge in [-0.15, -0.1) is 0 Å². The summed E-state index contributed by atoms with van der Waals surface area (Å²) in [5.74, 6) is -1.25. The first-order valence-electron chi connectivity index (χ1n) is 4.83. The lowest BCUT2D eigenvalue weighted by molar-refractivity contribution is -0.385. The van der Waals surface area contributed by atoms with E-state index in [0.29, 0.717) is 13.1 Å². The van der Waals surface area contributed by atoms with Gasteiger partial charge in [0.25, 0.3) is 11.6 Å². The maximum absolute atomic E-state index is 13.4. The average Bonchev–Trinajstić information content (AvgIpc) is 2.14. The van der Waals surface area contributed by atoms with E-state index in [1.54, 1.807) is 0 Å². The molecular weight excluding hydrogens is 215 g/mol. The summed E-state index contributed by atoms with van der Waals surface area (Å²) in [5.41, 5.74) is -0.456. The van der Waals surface area contributed by atoms with Crippen molar-refractivity contribution in [2.45, 2.75) is 6.42 Å². The van der Waals surface area contributed by atoms with Crippen molar-refractivity contribution in [2.75, 3.05) is 13.1 Å². The summed E-state index contributed by atoms with van der Waals surface area (Å²) in [6, 6.07) is 3.07. The highest BCUT2D eigenvalue weighted by Crippen LogP contribution is 2.19. The van der Waals surface area contributed by atoms with Gasteiger partial charge in [0.05, 0.1) is 16.6 Å². The number of amides is 1. The highest BCUT2D eigenvalue weighted by Gasteiger charge is 2.25. The van der Waals surface area contributed by atoms with Crippen molar-refractivity contribution < 1.29 is 14.1 Å². The van der Waals surface area contributed by atoms with Crippen molar-refractivity contribution in [2.24, 2.45) is 0 Å². The molecule has 1 aromatic rings. The number of nitro benzene ring substituents is 1. The van der Waals surface area contributed by atoms with E-state index in [2.05, 4.69) is 0 Å². The molecule has 1 heterocycles. The Morgan fingerprint density at radius 1 is 1.44 bits per heavy atom. The Bertz CT molecular complexity index is 457. The normalized spacial score (nSPS) is 14.4. The molecule has 0 aliphatic carbocycles. The van der Waals surface area contributed by atoms with Gasteiger partial charge in [-0.2, -0.15) is 0 Å². The standard InChI is InChI=1S/C10H9FN2O3/c11-9-6-7(13(15)16)2-3-8(9)10(14)12-4-1-5-12/h2-3,6H,1,4-5H2. The summed E-state index contributed by atoms with van der Waals surface area (Å²) in [5, 5.41) is 10.4. The topological polar surface area (TPSA) is 63.4 Å². The number of rotatable bonds is 2. The maximum Gasteiger partial charge on any atom is 0.272 e. The Labute approximate surface area is 90.6 Å². The van der Waals surface area contributed by atoms with Crippen LogP contribution in [-0.2, 0) is 0 Å². The van der Waals surface area contributed by atoms with Gasteiger partial charge in [0.15, 0.2) is 0 Å². The Morgan fingerprint density at radius 3 is 2.56 bits per heavy atom. The van der Waals surface area contributed by atoms with Crippen molar-refractivity contribution >= 4 is 11.6 Å². The van der Waals surface area contributed by atoms with Crippen molar-refractivity contribution in [1.82, 2.24) is 4.90 Å². The van der Waals surface area contributed by atoms with Gasteiger partial charge in [0, 0.05) is 19.2 Å². The van der Waals surface area contributed by atoms with Crippen LogP contribution >= 0.6 is 0 Å². The number of benzene rings is 1. The number of nitrogens with zero attached hydrogens (tertiary/aromatic N) is 2. The van der Waals surface area contributed by atoms with E-state index in [9.17, 15) is 19.3 Å². The molecule has 0 aromatic heterocycles. The van der Waals surface area contributed by atoms with E-state index in [1.807, 2.05) is 0 Å². The Morgan fingerprint density at radius 2 is 2.12 bits per heavy atom. The molecule has 1 fully saturated rings. The van der Waals surface area contributed by atoms with Gasteiger partial charge in [-0.1, -0.05) is 0 Å². The molecule has 0 unspecified atom stereocenters. The van der Waals surface area contributed by atoms with Crippen LogP contribution in [0.2, 0.25) is 0 Å². The summed E-state index contributed by atoms with van der Waals surface area (Å²) in [4.78, 5) is 22.8. The first-order valence-corrected chi connectivity index (χ1v) is 4.83. The van der Waals surface area contributed by atoms with E-state index in [-0.39, 0.29) is 11.3 Å². The fraction of sp³-hybridized carbons (Fsp3) is 0.300. The smallest absolute Gasteiger partial charge is 0.272 e. The van der Waals surface area contributed by atoms with E-state index in [1.165, 1.54) is 4.90 Å². The number of hydrogen-bond donors (Lipinski definition) is 0. The van der Waals surface area contributed by atoms with Crippen LogP contribution in [0.4, 0.5) is 10.1 Å². The van der Waals surface area contributed by atoms with E-state index in [4.69, 9.17) is 0 Å². The van der Waals surface area contributed by atoms with Gasteiger partial charge >= 0.3 is 0 Å². The molecule has 5 nitrogen and oxygen atoms in total. The van der Waals surface area contributed by atoms with Crippen molar-refractivity contribution in [3.63, 3.8) is 0 Å². The Balaban J connectivity index is 2.28. The van der Waals surface area contributed by atoms with Gasteiger partial charge in [0.1, 0.15) is 5.82 Å². The van der Waals surface area contributed by atoms with Gasteiger partial charge in [0.2, 0.25) is 0 Å². The first-order chi connectivity index (χ1) is 7.59. The van der Waals surface area contributed by atoms with Crippen LogP contribution in [0.25, 0.3) is 0 Å². The molecule has 1 amide bonds. The molecule has 1 aliphatic rings. The molecule has 6 heteroatoms. The van der Waals surface area contributed by atoms with Crippen LogP contribution in [0.3, 0.4) is 0 Å². The molecule has 0 saturated carbocycles. The van der Waals surface area contributed by atoms with Gasteiger partial charge < -0.3 is 4.90 Å². The molecule has 0 spiro atoms. The van der Waals surface area contributed by atoms with Crippen molar-refractivity contribution in [3.8, 4) is 0 Å². The molecule has 1 aromatic carbocycles. The second-order valence-corrected chi connectivity index (χ2v) is 3.57. The zero-order valence-corrected chi connectivity index (χ0v) is 8.35. The number of likely N-dealkylation sites (tertiary alicyclic amines) is 1. The second-order valence-electron chi connectivity index (χ2n) is 3.57. The molecule has 0 atom stereocenters. The third-order valence-electron chi connectivity index (χ3n) is 2.54. The number of carbonyl (C=O) groups excluding carboxylic acids is 1. The van der Waals surface area contributed by atoms with Crippen LogP contribution in [-0.4, -0.2) is 28.8 Å². The molecule has 0 N–H and O–H groups in total. The summed E-state index contributed by atoms with van der Waals surface area (Å²) in [7, 11) is 0. The van der Waals surface area contributed by atoms with Crippen LogP contribution in [0, 0.1) is 15.9 Å². The van der Waals surface area contributed by atoms with Crippen LogP contribution < -0.4 is 0 Å². The molecular formula is C10H9FN2O3. The van der Waals surface area contributed by atoms with E-state index < -0.39 is 16.6 Å². The number of halogens is 1. The second kappa shape index (κ2) is 3.88. The summed E-state index contributed by atoms with van der Waals surface area (Å²) in [6.45, 7) is 1.24. The quantitative estimate of drug-likeness (QED) is 0.566. The van der Waals surface area contributed by atoms with Crippen molar-refractivity contribution in [1.29, 1.82) is 0 Å². The van der Waals surface area contributed by atoms with E-state index >= 15 is 0 Å². The zero-order chi connectivity index (χ0) is 11.7. The highest BCUT2D eigenvalue weighted by atomic mass is 19.1. The van der Waals surface area contributed by atoms with Crippen LogP contribution in [0.15, 0.2) is 18.2 Å². The van der Waals surface area contributed by atoms with Gasteiger partial charge in [-0.25, -0.2) is 4.39 Å². The third-order valence-corrected chi connectivity index (χ3v) is 2.54. The summed E-state index contributed by atoms with van der Waals surface area (Å²) < 4.78 is 13.4. The number of non-ortho nitro benzene ring substituents is 1. The van der Waals surface area contributed by atoms with Crippen molar-refractivity contribution in [3.05, 3.63) is 39.7 Å². The monoisotopic (exact) mass is 224 g/mol. The third kappa shape index (κ3) is 1.73. The number of nitro groups is 1. The molecule has 16 heavy (non-hydrogen) atoms. The fourth-order valence-electron chi connectivity index (χ4n) is 1.48. The molecule has 0 bridgehead atoms. The molecule has 0 radical (unpaired) electrons. The number of carbonyl (C=O) groups is 1. The Hall–Kier alpha value is -1.98. The first kappa shape index (κ1) is 10.5.